The van der Waals surface area contributed by atoms with Gasteiger partial charge in [0.1, 0.15) is 0 Å². The number of hydrogen-bond acceptors (Lipinski definition) is 4. The Balaban J connectivity index is 2.68. The van der Waals surface area contributed by atoms with Crippen LogP contribution in [0.5, 0.6) is 0 Å². The predicted molar refractivity (Wildman–Crippen MR) is 79.6 cm³/mol. The fraction of sp³-hybridized carbons (Fsp3) is 0.429. The number of benzene rings is 1. The summed E-state index contributed by atoms with van der Waals surface area (Å²) in [5.74, 6) is -0.587. The van der Waals surface area contributed by atoms with Crippen LogP contribution in [0.1, 0.15) is 37.0 Å². The molecule has 0 aliphatic carbocycles. The van der Waals surface area contributed by atoms with Gasteiger partial charge in [-0.05, 0) is 54.4 Å². The quantitative estimate of drug-likeness (QED) is 0.778. The van der Waals surface area contributed by atoms with Gasteiger partial charge in [-0.3, -0.25) is 4.79 Å². The minimum Gasteiger partial charge on any atom is -0.462 e. The molecule has 2 N–H and O–H groups in total. The van der Waals surface area contributed by atoms with Gasteiger partial charge in [0.15, 0.2) is 0 Å². The SMILES string of the molecule is CCOC(=O)c1ccc(NC(=O)CCC(C)O)c(Br)c1. The molecule has 0 aliphatic rings. The lowest BCUT2D eigenvalue weighted by atomic mass is 10.2. The minimum atomic E-state index is -0.504. The molecule has 0 aliphatic heterocycles. The van der Waals surface area contributed by atoms with Crippen molar-refractivity contribution < 1.29 is 19.4 Å². The van der Waals surface area contributed by atoms with Gasteiger partial charge in [-0.1, -0.05) is 0 Å². The third-order valence-corrected chi connectivity index (χ3v) is 3.20. The summed E-state index contributed by atoms with van der Waals surface area (Å²) in [5, 5.41) is 11.8. The van der Waals surface area contributed by atoms with Gasteiger partial charge in [0.05, 0.1) is 24.0 Å². The van der Waals surface area contributed by atoms with Gasteiger partial charge < -0.3 is 15.2 Å². The first-order chi connectivity index (χ1) is 9.43. The Labute approximate surface area is 126 Å². The summed E-state index contributed by atoms with van der Waals surface area (Å²) in [7, 11) is 0. The van der Waals surface area contributed by atoms with E-state index in [2.05, 4.69) is 21.2 Å². The second-order valence-corrected chi connectivity index (χ2v) is 5.21. The topological polar surface area (TPSA) is 75.6 Å². The number of aliphatic hydroxyl groups excluding tert-OH is 1. The van der Waals surface area contributed by atoms with Crippen molar-refractivity contribution in [3.63, 3.8) is 0 Å². The van der Waals surface area contributed by atoms with E-state index in [0.29, 0.717) is 28.8 Å². The normalized spacial score (nSPS) is 11.8. The summed E-state index contributed by atoms with van der Waals surface area (Å²) in [5.41, 5.74) is 0.995. The summed E-state index contributed by atoms with van der Waals surface area (Å²) in [6, 6.07) is 4.83. The molecule has 0 radical (unpaired) electrons. The summed E-state index contributed by atoms with van der Waals surface area (Å²) < 4.78 is 5.50. The lowest BCUT2D eigenvalue weighted by Gasteiger charge is -2.09. The molecular weight excluding hydrogens is 326 g/mol. The number of amides is 1. The van der Waals surface area contributed by atoms with E-state index in [0.717, 1.165) is 0 Å². The molecule has 0 bridgehead atoms. The van der Waals surface area contributed by atoms with Gasteiger partial charge in [-0.15, -0.1) is 0 Å². The molecule has 1 unspecified atom stereocenters. The van der Waals surface area contributed by atoms with Crippen LogP contribution >= 0.6 is 15.9 Å². The van der Waals surface area contributed by atoms with Crippen LogP contribution < -0.4 is 5.32 Å². The Morgan fingerprint density at radius 2 is 2.15 bits per heavy atom. The van der Waals surface area contributed by atoms with Crippen molar-refractivity contribution in [3.05, 3.63) is 28.2 Å². The first-order valence-corrected chi connectivity index (χ1v) is 7.18. The fourth-order valence-electron chi connectivity index (χ4n) is 1.51. The van der Waals surface area contributed by atoms with Gasteiger partial charge in [-0.2, -0.15) is 0 Å². The zero-order valence-corrected chi connectivity index (χ0v) is 13.1. The molecule has 5 nitrogen and oxygen atoms in total. The lowest BCUT2D eigenvalue weighted by molar-refractivity contribution is -0.116. The van der Waals surface area contributed by atoms with E-state index in [1.807, 2.05) is 0 Å². The standard InChI is InChI=1S/C14H18BrNO4/c1-3-20-14(19)10-5-6-12(11(15)8-10)16-13(18)7-4-9(2)17/h5-6,8-9,17H,3-4,7H2,1-2H3,(H,16,18). The molecule has 1 rings (SSSR count). The van der Waals surface area contributed by atoms with E-state index in [9.17, 15) is 9.59 Å². The van der Waals surface area contributed by atoms with Crippen LogP contribution in [0.2, 0.25) is 0 Å². The average molecular weight is 344 g/mol. The number of hydrogen-bond donors (Lipinski definition) is 2. The van der Waals surface area contributed by atoms with E-state index in [-0.39, 0.29) is 12.3 Å². The van der Waals surface area contributed by atoms with Gasteiger partial charge >= 0.3 is 5.97 Å². The lowest BCUT2D eigenvalue weighted by Crippen LogP contribution is -2.14. The van der Waals surface area contributed by atoms with Crippen molar-refractivity contribution in [2.24, 2.45) is 0 Å². The number of anilines is 1. The van der Waals surface area contributed by atoms with Crippen molar-refractivity contribution in [1.29, 1.82) is 0 Å². The second-order valence-electron chi connectivity index (χ2n) is 4.35. The maximum Gasteiger partial charge on any atom is 0.338 e. The molecule has 20 heavy (non-hydrogen) atoms. The number of carbonyl (C=O) groups excluding carboxylic acids is 2. The van der Waals surface area contributed by atoms with Crippen molar-refractivity contribution in [3.8, 4) is 0 Å². The number of nitrogens with one attached hydrogen (secondary N) is 1. The highest BCUT2D eigenvalue weighted by molar-refractivity contribution is 9.10. The molecule has 0 heterocycles. The van der Waals surface area contributed by atoms with E-state index in [4.69, 9.17) is 9.84 Å². The van der Waals surface area contributed by atoms with Crippen LogP contribution in [0.3, 0.4) is 0 Å². The van der Waals surface area contributed by atoms with Crippen molar-refractivity contribution in [2.75, 3.05) is 11.9 Å². The van der Waals surface area contributed by atoms with Crippen molar-refractivity contribution in [1.82, 2.24) is 0 Å². The van der Waals surface area contributed by atoms with Gasteiger partial charge in [0.25, 0.3) is 0 Å². The maximum absolute atomic E-state index is 11.7. The monoisotopic (exact) mass is 343 g/mol. The first kappa shape index (κ1) is 16.7. The highest BCUT2D eigenvalue weighted by atomic mass is 79.9. The number of aliphatic hydroxyl groups is 1. The molecule has 1 atom stereocenters. The highest BCUT2D eigenvalue weighted by Gasteiger charge is 2.11. The molecule has 1 aromatic rings. The van der Waals surface area contributed by atoms with Crippen LogP contribution in [-0.4, -0.2) is 29.7 Å². The molecule has 0 spiro atoms. The molecule has 0 saturated heterocycles. The summed E-state index contributed by atoms with van der Waals surface area (Å²) in [4.78, 5) is 23.2. The third-order valence-electron chi connectivity index (χ3n) is 2.54. The van der Waals surface area contributed by atoms with E-state index in [1.165, 1.54) is 0 Å². The second kappa shape index (κ2) is 8.01. The third kappa shape index (κ3) is 5.30. The molecular formula is C14H18BrNO4. The molecule has 1 aromatic carbocycles. The Kier molecular flexibility index (Phi) is 6.67. The van der Waals surface area contributed by atoms with Crippen LogP contribution in [0.25, 0.3) is 0 Å². The molecule has 1 amide bonds. The van der Waals surface area contributed by atoms with Crippen LogP contribution in [-0.2, 0) is 9.53 Å². The smallest absolute Gasteiger partial charge is 0.338 e. The minimum absolute atomic E-state index is 0.185. The Hall–Kier alpha value is -1.40. The summed E-state index contributed by atoms with van der Waals surface area (Å²) >= 11 is 3.30. The predicted octanol–water partition coefficient (Wildman–Crippen LogP) is 2.73. The zero-order chi connectivity index (χ0) is 15.1. The number of esters is 1. The maximum atomic E-state index is 11.7. The first-order valence-electron chi connectivity index (χ1n) is 6.38. The van der Waals surface area contributed by atoms with Crippen molar-refractivity contribution in [2.45, 2.75) is 32.8 Å². The highest BCUT2D eigenvalue weighted by Crippen LogP contribution is 2.24. The molecule has 0 aromatic heterocycles. The van der Waals surface area contributed by atoms with Gasteiger partial charge in [0.2, 0.25) is 5.91 Å². The largest absolute Gasteiger partial charge is 0.462 e. The summed E-state index contributed by atoms with van der Waals surface area (Å²) in [6.07, 6.45) is 0.143. The van der Waals surface area contributed by atoms with E-state index in [1.54, 1.807) is 32.0 Å². The van der Waals surface area contributed by atoms with Crippen LogP contribution in [0.15, 0.2) is 22.7 Å². The van der Waals surface area contributed by atoms with Gasteiger partial charge in [-0.25, -0.2) is 4.79 Å². The average Bonchev–Trinajstić information content (AvgIpc) is 2.39. The zero-order valence-electron chi connectivity index (χ0n) is 11.5. The number of carbonyl (C=O) groups is 2. The Morgan fingerprint density at radius 3 is 2.70 bits per heavy atom. The Bertz CT molecular complexity index is 488. The fourth-order valence-corrected chi connectivity index (χ4v) is 1.99. The molecule has 0 fully saturated rings. The molecule has 0 saturated carbocycles. The van der Waals surface area contributed by atoms with Crippen molar-refractivity contribution >= 4 is 33.5 Å². The van der Waals surface area contributed by atoms with Crippen LogP contribution in [0, 0.1) is 0 Å². The number of ether oxygens (including phenoxy) is 1. The van der Waals surface area contributed by atoms with E-state index >= 15 is 0 Å². The number of halogens is 1. The Morgan fingerprint density at radius 1 is 1.45 bits per heavy atom. The van der Waals surface area contributed by atoms with Gasteiger partial charge in [0, 0.05) is 10.9 Å². The summed E-state index contributed by atoms with van der Waals surface area (Å²) in [6.45, 7) is 3.69. The molecule has 6 heteroatoms. The van der Waals surface area contributed by atoms with E-state index < -0.39 is 12.1 Å². The number of rotatable bonds is 6. The molecule has 110 valence electrons. The van der Waals surface area contributed by atoms with Crippen LogP contribution in [0.4, 0.5) is 5.69 Å².